The molecule has 1 N–H and O–H groups in total. The number of carbonyl (C=O) groups excluding carboxylic acids is 1. The molecule has 0 bridgehead atoms. The van der Waals surface area contributed by atoms with Gasteiger partial charge in [-0.05, 0) is 77.9 Å². The highest BCUT2D eigenvalue weighted by Gasteiger charge is 2.34. The molecule has 0 saturated heterocycles. The van der Waals surface area contributed by atoms with Gasteiger partial charge < -0.3 is 14.5 Å². The number of aromatic nitrogens is 3. The number of nitrogens with one attached hydrogen (secondary N) is 1. The number of aromatic amines is 1. The summed E-state index contributed by atoms with van der Waals surface area (Å²) in [4.78, 5) is 27.2. The number of hydrogen-bond donors (Lipinski definition) is 1. The lowest BCUT2D eigenvalue weighted by Crippen LogP contribution is -2.39. The van der Waals surface area contributed by atoms with Crippen molar-refractivity contribution in [3.63, 3.8) is 0 Å². The number of azo groups is 1. The Labute approximate surface area is 221 Å². The Bertz CT molecular complexity index is 1380. The van der Waals surface area contributed by atoms with Crippen molar-refractivity contribution in [1.29, 1.82) is 0 Å². The van der Waals surface area contributed by atoms with Crippen LogP contribution in [0.25, 0.3) is 11.8 Å². The Balaban J connectivity index is 1.47. The topological polar surface area (TPSA) is 105 Å². The molecule has 1 aliphatic carbocycles. The average molecular weight is 525 g/mol. The molecular formula is C27H33ClN6O3. The van der Waals surface area contributed by atoms with Gasteiger partial charge in [0.25, 0.3) is 0 Å². The third-order valence-electron chi connectivity index (χ3n) is 6.78. The van der Waals surface area contributed by atoms with Gasteiger partial charge in [0.15, 0.2) is 0 Å². The summed E-state index contributed by atoms with van der Waals surface area (Å²) in [6.07, 6.45) is 6.84. The number of aryl methyl sites for hydroxylation is 2. The van der Waals surface area contributed by atoms with Crippen LogP contribution in [0.5, 0.6) is 5.88 Å². The number of allylic oxidation sites excluding steroid dienone is 1. The fourth-order valence-corrected chi connectivity index (χ4v) is 5.60. The van der Waals surface area contributed by atoms with Crippen molar-refractivity contribution in [2.45, 2.75) is 78.6 Å². The number of carbonyl (C=O) groups is 1. The van der Waals surface area contributed by atoms with Crippen molar-refractivity contribution in [2.75, 3.05) is 11.4 Å². The summed E-state index contributed by atoms with van der Waals surface area (Å²) in [5.74, 6) is 1.55. The Hall–Kier alpha value is -3.20. The van der Waals surface area contributed by atoms with Gasteiger partial charge in [-0.1, -0.05) is 11.6 Å². The molecule has 1 amide bonds. The fraction of sp³-hybridized carbons (Fsp3) is 0.519. The van der Waals surface area contributed by atoms with E-state index in [1.165, 1.54) is 0 Å². The molecule has 196 valence electrons. The lowest BCUT2D eigenvalue weighted by molar-refractivity contribution is 0.0584. The Morgan fingerprint density at radius 1 is 1.16 bits per heavy atom. The van der Waals surface area contributed by atoms with Crippen LogP contribution in [-0.2, 0) is 11.3 Å². The highest BCUT2D eigenvalue weighted by atomic mass is 35.5. The molecule has 2 aromatic heterocycles. The number of amides is 1. The summed E-state index contributed by atoms with van der Waals surface area (Å²) in [5.41, 5.74) is 3.02. The van der Waals surface area contributed by atoms with Gasteiger partial charge in [0.1, 0.15) is 17.5 Å². The standard InChI is InChI=1S/C27H33ClN6O3/c1-15-12-22(32-16(2)31-15)36-18-8-6-17(7-9-18)23-20(28)10-11-34(26(35)37-27(3,4)5)25-19-13-29-30-14-21(19)33-24(23)25/h10,12,14,17-18,33H,6-9,11,13H2,1-5H3. The molecule has 2 aliphatic heterocycles. The highest BCUT2D eigenvalue weighted by Crippen LogP contribution is 2.38. The maximum Gasteiger partial charge on any atom is 0.415 e. The van der Waals surface area contributed by atoms with E-state index >= 15 is 0 Å². The van der Waals surface area contributed by atoms with E-state index in [0.717, 1.165) is 58.9 Å². The van der Waals surface area contributed by atoms with Gasteiger partial charge in [-0.25, -0.2) is 9.78 Å². The van der Waals surface area contributed by atoms with Gasteiger partial charge in [-0.15, -0.1) is 0 Å². The van der Waals surface area contributed by atoms with Crippen LogP contribution in [0, 0.1) is 19.8 Å². The zero-order valence-electron chi connectivity index (χ0n) is 22.0. The lowest BCUT2D eigenvalue weighted by Gasteiger charge is -2.30. The van der Waals surface area contributed by atoms with Crippen molar-refractivity contribution in [3.8, 4) is 5.88 Å². The molecule has 0 aromatic carbocycles. The van der Waals surface area contributed by atoms with E-state index < -0.39 is 11.7 Å². The smallest absolute Gasteiger partial charge is 0.415 e. The molecule has 1 saturated carbocycles. The molecule has 10 heteroatoms. The predicted molar refractivity (Wildman–Crippen MR) is 142 cm³/mol. The first-order chi connectivity index (χ1) is 17.6. The predicted octanol–water partition coefficient (Wildman–Crippen LogP) is 4.79. The monoisotopic (exact) mass is 524 g/mol. The minimum atomic E-state index is -0.620. The molecule has 9 nitrogen and oxygen atoms in total. The van der Waals surface area contributed by atoms with E-state index in [2.05, 4.69) is 25.2 Å². The average Bonchev–Trinajstić information content (AvgIpc) is 3.10. The van der Waals surface area contributed by atoms with Crippen molar-refractivity contribution in [2.24, 2.45) is 16.1 Å². The quantitative estimate of drug-likeness (QED) is 0.621. The van der Waals surface area contributed by atoms with Gasteiger partial charge in [0.2, 0.25) is 5.88 Å². The summed E-state index contributed by atoms with van der Waals surface area (Å²) in [7, 11) is 0. The molecule has 3 aliphatic rings. The number of halogens is 1. The van der Waals surface area contributed by atoms with Gasteiger partial charge in [0.05, 0.1) is 29.1 Å². The van der Waals surface area contributed by atoms with E-state index in [-0.39, 0.29) is 12.0 Å². The van der Waals surface area contributed by atoms with Gasteiger partial charge in [-0.2, -0.15) is 15.2 Å². The van der Waals surface area contributed by atoms with E-state index in [4.69, 9.17) is 21.1 Å². The molecule has 0 spiro atoms. The third kappa shape index (κ3) is 5.42. The maximum absolute atomic E-state index is 13.3. The second kappa shape index (κ2) is 9.93. The van der Waals surface area contributed by atoms with Crippen molar-refractivity contribution < 1.29 is 14.3 Å². The fourth-order valence-electron chi connectivity index (χ4n) is 5.28. The molecule has 37 heavy (non-hydrogen) atoms. The highest BCUT2D eigenvalue weighted by molar-refractivity contribution is 6.36. The van der Waals surface area contributed by atoms with Crippen LogP contribution in [0.3, 0.4) is 0 Å². The van der Waals surface area contributed by atoms with Crippen LogP contribution in [0.4, 0.5) is 10.5 Å². The second-order valence-corrected chi connectivity index (χ2v) is 11.2. The van der Waals surface area contributed by atoms with Crippen LogP contribution in [0.15, 0.2) is 27.4 Å². The van der Waals surface area contributed by atoms with Gasteiger partial charge in [-0.3, -0.25) is 4.90 Å². The number of fused-ring (bicyclic) bond motifs is 3. The molecule has 0 radical (unpaired) electrons. The molecule has 0 atom stereocenters. The normalized spacial score (nSPS) is 21.4. The molecule has 4 heterocycles. The van der Waals surface area contributed by atoms with Crippen molar-refractivity contribution in [1.82, 2.24) is 15.0 Å². The second-order valence-electron chi connectivity index (χ2n) is 10.8. The summed E-state index contributed by atoms with van der Waals surface area (Å²) in [6.45, 7) is 10.1. The minimum Gasteiger partial charge on any atom is -0.474 e. The van der Waals surface area contributed by atoms with Crippen LogP contribution >= 0.6 is 11.6 Å². The van der Waals surface area contributed by atoms with Crippen LogP contribution in [0.1, 0.15) is 63.5 Å². The summed E-state index contributed by atoms with van der Waals surface area (Å²) < 4.78 is 12.0. The molecule has 1 fully saturated rings. The van der Waals surface area contributed by atoms with Crippen LogP contribution in [-0.4, -0.2) is 39.3 Å². The minimum absolute atomic E-state index is 0.0830. The number of ether oxygens (including phenoxy) is 2. The van der Waals surface area contributed by atoms with Crippen molar-refractivity contribution >= 4 is 35.2 Å². The Morgan fingerprint density at radius 2 is 1.92 bits per heavy atom. The summed E-state index contributed by atoms with van der Waals surface area (Å²) in [6, 6.07) is 1.88. The van der Waals surface area contributed by atoms with Gasteiger partial charge >= 0.3 is 6.09 Å². The summed E-state index contributed by atoms with van der Waals surface area (Å²) in [5, 5.41) is 10.6. The largest absolute Gasteiger partial charge is 0.474 e. The first kappa shape index (κ1) is 25.4. The molecule has 5 rings (SSSR count). The lowest BCUT2D eigenvalue weighted by atomic mass is 9.81. The number of hydrogen-bond acceptors (Lipinski definition) is 7. The van der Waals surface area contributed by atoms with E-state index in [0.29, 0.717) is 29.8 Å². The van der Waals surface area contributed by atoms with E-state index in [1.807, 2.05) is 46.8 Å². The zero-order chi connectivity index (χ0) is 26.3. The van der Waals surface area contributed by atoms with Gasteiger partial charge in [0, 0.05) is 28.9 Å². The molecule has 2 aromatic rings. The number of rotatable bonds is 3. The zero-order valence-corrected chi connectivity index (χ0v) is 22.7. The van der Waals surface area contributed by atoms with E-state index in [9.17, 15) is 4.79 Å². The first-order valence-electron chi connectivity index (χ1n) is 12.8. The third-order valence-corrected chi connectivity index (χ3v) is 7.14. The maximum atomic E-state index is 13.3. The van der Waals surface area contributed by atoms with Crippen molar-refractivity contribution in [3.05, 3.63) is 45.0 Å². The van der Waals surface area contributed by atoms with Crippen LogP contribution in [0.2, 0.25) is 0 Å². The Morgan fingerprint density at radius 3 is 2.62 bits per heavy atom. The first-order valence-corrected chi connectivity index (χ1v) is 13.1. The SMILES string of the molecule is Cc1cc(OC2CCC(C3=c4[nH]c5c(c4N(C(=O)OC(C)(C)C)CC=C3Cl)CN=NC=5)CC2)nc(C)n1. The number of H-pyrrole nitrogens is 1. The Kier molecular flexibility index (Phi) is 6.83. The summed E-state index contributed by atoms with van der Waals surface area (Å²) >= 11 is 6.94. The van der Waals surface area contributed by atoms with E-state index in [1.54, 1.807) is 11.1 Å². The van der Waals surface area contributed by atoms with Crippen LogP contribution < -0.4 is 20.3 Å². The molecule has 0 unspecified atom stereocenters. The molecular weight excluding hydrogens is 492 g/mol. The number of nitrogens with zero attached hydrogens (tertiary/aromatic N) is 5. The number of anilines is 1.